The molecule has 0 spiro atoms. The molecule has 1 aromatic carbocycles. The summed E-state index contributed by atoms with van der Waals surface area (Å²) in [7, 11) is 0. The van der Waals surface area contributed by atoms with Crippen LogP contribution >= 0.6 is 0 Å². The van der Waals surface area contributed by atoms with Crippen LogP contribution in [0.15, 0.2) is 42.7 Å². The van der Waals surface area contributed by atoms with Crippen LogP contribution in [0.5, 0.6) is 0 Å². The first-order chi connectivity index (χ1) is 8.43. The van der Waals surface area contributed by atoms with Crippen LogP contribution in [-0.2, 0) is 0 Å². The highest BCUT2D eigenvalue weighted by Crippen LogP contribution is 2.24. The van der Waals surface area contributed by atoms with Crippen molar-refractivity contribution in [1.29, 1.82) is 0 Å². The minimum absolute atomic E-state index is 0.403. The van der Waals surface area contributed by atoms with Gasteiger partial charge in [0, 0.05) is 11.6 Å². The summed E-state index contributed by atoms with van der Waals surface area (Å²) < 4.78 is 0. The Bertz CT molecular complexity index is 490. The lowest BCUT2D eigenvalue weighted by Crippen LogP contribution is -2.14. The van der Waals surface area contributed by atoms with E-state index in [4.69, 9.17) is 0 Å². The fourth-order valence-corrected chi connectivity index (χ4v) is 2.27. The number of rotatable bonds is 2. The first-order valence-electron chi connectivity index (χ1n) is 6.04. The van der Waals surface area contributed by atoms with Crippen LogP contribution in [0.4, 0.5) is 0 Å². The van der Waals surface area contributed by atoms with Crippen molar-refractivity contribution >= 4 is 0 Å². The summed E-state index contributed by atoms with van der Waals surface area (Å²) in [6.45, 7) is 1.09. The minimum Gasteiger partial charge on any atom is -0.309 e. The van der Waals surface area contributed by atoms with E-state index in [1.54, 1.807) is 6.33 Å². The lowest BCUT2D eigenvalue weighted by molar-refractivity contribution is 0.626. The van der Waals surface area contributed by atoms with Gasteiger partial charge < -0.3 is 5.32 Å². The van der Waals surface area contributed by atoms with E-state index >= 15 is 0 Å². The molecule has 2 heterocycles. The molecule has 1 aromatic heterocycles. The van der Waals surface area contributed by atoms with Gasteiger partial charge in [-0.25, -0.2) is 9.97 Å². The summed E-state index contributed by atoms with van der Waals surface area (Å²) in [5.74, 6) is 0. The van der Waals surface area contributed by atoms with Crippen molar-refractivity contribution in [3.8, 4) is 11.3 Å². The second-order valence-corrected chi connectivity index (χ2v) is 4.34. The maximum Gasteiger partial charge on any atom is 0.116 e. The summed E-state index contributed by atoms with van der Waals surface area (Å²) in [4.78, 5) is 8.72. The summed E-state index contributed by atoms with van der Waals surface area (Å²) in [6.07, 6.45) is 4.07. The van der Waals surface area contributed by atoms with Crippen LogP contribution in [0.25, 0.3) is 11.3 Å². The molecule has 1 atom stereocenters. The SMILES string of the molecule is c1ccc(-c2cc(C3CCCN3)ncn2)cc1. The average molecular weight is 225 g/mol. The molecule has 1 unspecified atom stereocenters. The van der Waals surface area contributed by atoms with Crippen molar-refractivity contribution in [2.45, 2.75) is 18.9 Å². The van der Waals surface area contributed by atoms with Crippen LogP contribution < -0.4 is 5.32 Å². The van der Waals surface area contributed by atoms with Gasteiger partial charge in [-0.1, -0.05) is 30.3 Å². The second kappa shape index (κ2) is 4.63. The zero-order chi connectivity index (χ0) is 11.5. The third kappa shape index (κ3) is 2.19. The third-order valence-corrected chi connectivity index (χ3v) is 3.18. The normalized spacial score (nSPS) is 19.4. The highest BCUT2D eigenvalue weighted by Gasteiger charge is 2.17. The Labute approximate surface area is 101 Å². The molecule has 86 valence electrons. The molecule has 0 amide bonds. The van der Waals surface area contributed by atoms with Crippen molar-refractivity contribution in [3.63, 3.8) is 0 Å². The topological polar surface area (TPSA) is 37.8 Å². The third-order valence-electron chi connectivity index (χ3n) is 3.18. The van der Waals surface area contributed by atoms with E-state index in [2.05, 4.69) is 33.5 Å². The number of hydrogen-bond acceptors (Lipinski definition) is 3. The second-order valence-electron chi connectivity index (χ2n) is 4.34. The van der Waals surface area contributed by atoms with Crippen molar-refractivity contribution in [3.05, 3.63) is 48.4 Å². The van der Waals surface area contributed by atoms with Crippen molar-refractivity contribution in [2.24, 2.45) is 0 Å². The van der Waals surface area contributed by atoms with Gasteiger partial charge in [-0.05, 0) is 25.5 Å². The van der Waals surface area contributed by atoms with E-state index in [9.17, 15) is 0 Å². The Morgan fingerprint density at radius 2 is 2.00 bits per heavy atom. The first-order valence-corrected chi connectivity index (χ1v) is 6.04. The van der Waals surface area contributed by atoms with E-state index in [1.807, 2.05) is 18.2 Å². The maximum absolute atomic E-state index is 4.37. The molecule has 1 saturated heterocycles. The van der Waals surface area contributed by atoms with Crippen LogP contribution in [0.1, 0.15) is 24.6 Å². The van der Waals surface area contributed by atoms with Crippen LogP contribution in [0.3, 0.4) is 0 Å². The largest absolute Gasteiger partial charge is 0.309 e. The molecule has 3 nitrogen and oxygen atoms in total. The number of nitrogens with one attached hydrogen (secondary N) is 1. The molecule has 0 radical (unpaired) electrons. The standard InChI is InChI=1S/C14H15N3/c1-2-5-11(6-3-1)13-9-14(17-10-16-13)12-7-4-8-15-12/h1-3,5-6,9-10,12,15H,4,7-8H2. The van der Waals surface area contributed by atoms with Crippen LogP contribution in [-0.4, -0.2) is 16.5 Å². The zero-order valence-electron chi connectivity index (χ0n) is 9.63. The Hall–Kier alpha value is -1.74. The molecular formula is C14H15N3. The van der Waals surface area contributed by atoms with Crippen molar-refractivity contribution in [1.82, 2.24) is 15.3 Å². The summed E-state index contributed by atoms with van der Waals surface area (Å²) in [6, 6.07) is 12.7. The predicted octanol–water partition coefficient (Wildman–Crippen LogP) is 2.57. The number of aromatic nitrogens is 2. The molecule has 0 bridgehead atoms. The average Bonchev–Trinajstić information content (AvgIpc) is 2.94. The van der Waals surface area contributed by atoms with Gasteiger partial charge in [0.1, 0.15) is 6.33 Å². The Balaban J connectivity index is 1.94. The molecular weight excluding hydrogens is 210 g/mol. The Kier molecular flexibility index (Phi) is 2.84. The minimum atomic E-state index is 0.403. The lowest BCUT2D eigenvalue weighted by Gasteiger charge is -2.10. The van der Waals surface area contributed by atoms with E-state index < -0.39 is 0 Å². The zero-order valence-corrected chi connectivity index (χ0v) is 9.63. The molecule has 3 heteroatoms. The number of nitrogens with zero attached hydrogens (tertiary/aromatic N) is 2. The van der Waals surface area contributed by atoms with E-state index in [0.717, 1.165) is 23.5 Å². The van der Waals surface area contributed by atoms with Gasteiger partial charge in [0.15, 0.2) is 0 Å². The van der Waals surface area contributed by atoms with E-state index in [-0.39, 0.29) is 0 Å². The quantitative estimate of drug-likeness (QED) is 0.853. The molecule has 3 rings (SSSR count). The first kappa shape index (κ1) is 10.4. The number of hydrogen-bond donors (Lipinski definition) is 1. The molecule has 0 saturated carbocycles. The van der Waals surface area contributed by atoms with Gasteiger partial charge in [-0.3, -0.25) is 0 Å². The summed E-state index contributed by atoms with van der Waals surface area (Å²) in [5, 5.41) is 3.46. The summed E-state index contributed by atoms with van der Waals surface area (Å²) in [5.41, 5.74) is 3.26. The molecule has 2 aromatic rings. The summed E-state index contributed by atoms with van der Waals surface area (Å²) >= 11 is 0. The monoisotopic (exact) mass is 225 g/mol. The maximum atomic E-state index is 4.37. The fraction of sp³-hybridized carbons (Fsp3) is 0.286. The van der Waals surface area contributed by atoms with E-state index in [1.165, 1.54) is 12.8 Å². The predicted molar refractivity (Wildman–Crippen MR) is 67.4 cm³/mol. The van der Waals surface area contributed by atoms with Crippen LogP contribution in [0, 0.1) is 0 Å². The van der Waals surface area contributed by atoms with E-state index in [0.29, 0.717) is 6.04 Å². The van der Waals surface area contributed by atoms with Crippen LogP contribution in [0.2, 0.25) is 0 Å². The smallest absolute Gasteiger partial charge is 0.116 e. The van der Waals surface area contributed by atoms with Gasteiger partial charge in [-0.2, -0.15) is 0 Å². The molecule has 0 aliphatic carbocycles. The highest BCUT2D eigenvalue weighted by atomic mass is 15.0. The molecule has 1 N–H and O–H groups in total. The Morgan fingerprint density at radius 1 is 1.12 bits per heavy atom. The van der Waals surface area contributed by atoms with Crippen molar-refractivity contribution in [2.75, 3.05) is 6.54 Å². The highest BCUT2D eigenvalue weighted by molar-refractivity contribution is 5.58. The molecule has 1 aliphatic rings. The fourth-order valence-electron chi connectivity index (χ4n) is 2.27. The van der Waals surface area contributed by atoms with Gasteiger partial charge in [0.25, 0.3) is 0 Å². The molecule has 1 fully saturated rings. The molecule has 1 aliphatic heterocycles. The molecule has 17 heavy (non-hydrogen) atoms. The number of benzene rings is 1. The Morgan fingerprint density at radius 3 is 2.76 bits per heavy atom. The van der Waals surface area contributed by atoms with Gasteiger partial charge in [-0.15, -0.1) is 0 Å². The van der Waals surface area contributed by atoms with Gasteiger partial charge in [0.2, 0.25) is 0 Å². The lowest BCUT2D eigenvalue weighted by atomic mass is 10.1. The van der Waals surface area contributed by atoms with Gasteiger partial charge in [0.05, 0.1) is 11.4 Å². The van der Waals surface area contributed by atoms with Gasteiger partial charge >= 0.3 is 0 Å². The van der Waals surface area contributed by atoms with Crippen molar-refractivity contribution < 1.29 is 0 Å².